The van der Waals surface area contributed by atoms with Crippen molar-refractivity contribution >= 4 is 16.0 Å². The molecule has 9 heteroatoms. The van der Waals surface area contributed by atoms with Gasteiger partial charge in [-0.05, 0) is 6.92 Å². The van der Waals surface area contributed by atoms with Crippen molar-refractivity contribution in [3.8, 4) is 12.3 Å². The molecule has 0 spiro atoms. The van der Waals surface area contributed by atoms with Gasteiger partial charge in [-0.25, -0.2) is 13.2 Å². The second kappa shape index (κ2) is 5.85. The van der Waals surface area contributed by atoms with Gasteiger partial charge in [-0.2, -0.15) is 9.40 Å². The largest absolute Gasteiger partial charge is 0.478 e. The maximum Gasteiger partial charge on any atom is 0.340 e. The Labute approximate surface area is 122 Å². The summed E-state index contributed by atoms with van der Waals surface area (Å²) in [7, 11) is -3.92. The highest BCUT2D eigenvalue weighted by atomic mass is 32.2. The first-order valence-electron chi connectivity index (χ1n) is 6.32. The maximum absolute atomic E-state index is 12.5. The van der Waals surface area contributed by atoms with Gasteiger partial charge in [0.1, 0.15) is 5.56 Å². The van der Waals surface area contributed by atoms with Gasteiger partial charge in [-0.3, -0.25) is 10.00 Å². The molecule has 0 saturated carbocycles. The topological polar surface area (TPSA) is 107 Å². The second-order valence-electron chi connectivity index (χ2n) is 4.72. The van der Waals surface area contributed by atoms with Gasteiger partial charge >= 0.3 is 5.97 Å². The number of nitrogens with one attached hydrogen (secondary N) is 1. The highest BCUT2D eigenvalue weighted by Gasteiger charge is 2.34. The molecule has 0 atom stereocenters. The van der Waals surface area contributed by atoms with Crippen LogP contribution in [0.3, 0.4) is 0 Å². The molecule has 0 aliphatic carbocycles. The molecule has 0 unspecified atom stereocenters. The van der Waals surface area contributed by atoms with Crippen molar-refractivity contribution in [1.82, 2.24) is 19.4 Å². The first-order valence-corrected chi connectivity index (χ1v) is 7.76. The molecular weight excluding hydrogens is 296 g/mol. The van der Waals surface area contributed by atoms with Crippen LogP contribution in [0, 0.1) is 19.3 Å². The van der Waals surface area contributed by atoms with Crippen LogP contribution in [0.2, 0.25) is 0 Å². The van der Waals surface area contributed by atoms with Crippen molar-refractivity contribution in [2.75, 3.05) is 32.7 Å². The molecule has 1 aliphatic rings. The predicted molar refractivity (Wildman–Crippen MR) is 74.3 cm³/mol. The fraction of sp³-hybridized carbons (Fsp3) is 0.500. The Morgan fingerprint density at radius 2 is 2.05 bits per heavy atom. The molecular formula is C12H16N4O4S. The van der Waals surface area contributed by atoms with E-state index < -0.39 is 21.0 Å². The average Bonchev–Trinajstić information content (AvgIpc) is 2.82. The Kier molecular flexibility index (Phi) is 4.32. The summed E-state index contributed by atoms with van der Waals surface area (Å²) in [5.74, 6) is 1.20. The van der Waals surface area contributed by atoms with Gasteiger partial charge in [-0.15, -0.1) is 6.42 Å². The highest BCUT2D eigenvalue weighted by Crippen LogP contribution is 2.21. The van der Waals surface area contributed by atoms with Gasteiger partial charge in [0.2, 0.25) is 5.03 Å². The summed E-state index contributed by atoms with van der Waals surface area (Å²) in [4.78, 5) is 13.2. The monoisotopic (exact) mass is 312 g/mol. The molecule has 21 heavy (non-hydrogen) atoms. The summed E-state index contributed by atoms with van der Waals surface area (Å²) in [6.45, 7) is 3.48. The van der Waals surface area contributed by atoms with E-state index in [1.165, 1.54) is 11.2 Å². The quantitative estimate of drug-likeness (QED) is 0.716. The van der Waals surface area contributed by atoms with Gasteiger partial charge in [0.05, 0.1) is 6.54 Å². The number of piperazine rings is 1. The number of carbonyl (C=O) groups is 1. The normalized spacial score (nSPS) is 17.5. The van der Waals surface area contributed by atoms with E-state index in [0.717, 1.165) is 0 Å². The third kappa shape index (κ3) is 2.92. The van der Waals surface area contributed by atoms with Crippen molar-refractivity contribution in [2.24, 2.45) is 0 Å². The molecule has 0 bridgehead atoms. The molecule has 2 heterocycles. The number of carboxylic acid groups (broad SMARTS) is 1. The van der Waals surface area contributed by atoms with Crippen molar-refractivity contribution < 1.29 is 18.3 Å². The summed E-state index contributed by atoms with van der Waals surface area (Å²) in [6.07, 6.45) is 5.22. The lowest BCUT2D eigenvalue weighted by Gasteiger charge is -2.32. The number of aryl methyl sites for hydroxylation is 1. The molecule has 0 amide bonds. The number of aromatic amines is 1. The summed E-state index contributed by atoms with van der Waals surface area (Å²) >= 11 is 0. The standard InChI is InChI=1S/C12H16N4O4S/c1-3-4-15-5-7-16(8-6-15)21(19,20)11-10(12(17)18)9(2)13-14-11/h1H,4-8H2,2H3,(H,13,14)(H,17,18). The van der Waals surface area contributed by atoms with Crippen molar-refractivity contribution in [3.63, 3.8) is 0 Å². The lowest BCUT2D eigenvalue weighted by molar-refractivity contribution is 0.0691. The van der Waals surface area contributed by atoms with Gasteiger partial charge in [0.25, 0.3) is 10.0 Å². The van der Waals surface area contributed by atoms with Crippen LogP contribution in [-0.2, 0) is 10.0 Å². The van der Waals surface area contributed by atoms with Gasteiger partial charge in [0, 0.05) is 31.9 Å². The molecule has 1 aromatic heterocycles. The highest BCUT2D eigenvalue weighted by molar-refractivity contribution is 7.89. The van der Waals surface area contributed by atoms with Crippen molar-refractivity contribution in [1.29, 1.82) is 0 Å². The predicted octanol–water partition coefficient (Wildman–Crippen LogP) is -0.644. The molecule has 2 N–H and O–H groups in total. The zero-order valence-corrected chi connectivity index (χ0v) is 12.4. The van der Waals surface area contributed by atoms with Crippen LogP contribution in [0.1, 0.15) is 16.1 Å². The molecule has 1 saturated heterocycles. The van der Waals surface area contributed by atoms with Gasteiger partial charge in [0.15, 0.2) is 0 Å². The fourth-order valence-corrected chi connectivity index (χ4v) is 3.77. The van der Waals surface area contributed by atoms with Crippen LogP contribution in [-0.4, -0.2) is 71.6 Å². The number of aromatic carboxylic acids is 1. The first-order chi connectivity index (χ1) is 9.87. The number of hydrogen-bond donors (Lipinski definition) is 2. The molecule has 114 valence electrons. The van der Waals surface area contributed by atoms with Gasteiger partial charge in [-0.1, -0.05) is 5.92 Å². The number of carboxylic acids is 1. The third-order valence-corrected chi connectivity index (χ3v) is 5.19. The van der Waals surface area contributed by atoms with Crippen molar-refractivity contribution in [3.05, 3.63) is 11.3 Å². The summed E-state index contributed by atoms with van der Waals surface area (Å²) < 4.78 is 26.3. The average molecular weight is 312 g/mol. The lowest BCUT2D eigenvalue weighted by atomic mass is 10.3. The number of nitrogens with zero attached hydrogens (tertiary/aromatic N) is 3. The smallest absolute Gasteiger partial charge is 0.340 e. The van der Waals surface area contributed by atoms with E-state index in [9.17, 15) is 13.2 Å². The summed E-state index contributed by atoms with van der Waals surface area (Å²) in [5.41, 5.74) is -0.0897. The zero-order chi connectivity index (χ0) is 15.6. The Bertz CT molecular complexity index is 681. The van der Waals surface area contributed by atoms with E-state index in [-0.39, 0.29) is 24.3 Å². The number of aromatic nitrogens is 2. The van der Waals surface area contributed by atoms with Crippen LogP contribution in [0.5, 0.6) is 0 Å². The Morgan fingerprint density at radius 1 is 1.43 bits per heavy atom. The van der Waals surface area contributed by atoms with E-state index >= 15 is 0 Å². The Morgan fingerprint density at radius 3 is 2.57 bits per heavy atom. The van der Waals surface area contributed by atoms with Gasteiger partial charge < -0.3 is 5.11 Å². The number of terminal acetylenes is 1. The van der Waals surface area contributed by atoms with Crippen molar-refractivity contribution in [2.45, 2.75) is 11.9 Å². The van der Waals surface area contributed by atoms with Crippen LogP contribution in [0.4, 0.5) is 0 Å². The van der Waals surface area contributed by atoms with E-state index in [1.807, 2.05) is 4.90 Å². The molecule has 1 aromatic rings. The number of sulfonamides is 1. The fourth-order valence-electron chi connectivity index (χ4n) is 2.22. The van der Waals surface area contributed by atoms with Crippen LogP contribution >= 0.6 is 0 Å². The SMILES string of the molecule is C#CCN1CCN(S(=O)(=O)c2n[nH]c(C)c2C(=O)O)CC1. The molecule has 1 fully saturated rings. The molecule has 2 rings (SSSR count). The molecule has 0 radical (unpaired) electrons. The zero-order valence-electron chi connectivity index (χ0n) is 11.5. The summed E-state index contributed by atoms with van der Waals surface area (Å²) in [6, 6.07) is 0. The minimum absolute atomic E-state index is 0.215. The number of hydrogen-bond acceptors (Lipinski definition) is 5. The minimum Gasteiger partial charge on any atom is -0.478 e. The van der Waals surface area contributed by atoms with E-state index in [0.29, 0.717) is 19.6 Å². The maximum atomic E-state index is 12.5. The molecule has 8 nitrogen and oxygen atoms in total. The van der Waals surface area contributed by atoms with Crippen LogP contribution < -0.4 is 0 Å². The number of H-pyrrole nitrogens is 1. The summed E-state index contributed by atoms with van der Waals surface area (Å²) in [5, 5.41) is 14.8. The first kappa shape index (κ1) is 15.5. The number of rotatable bonds is 4. The lowest BCUT2D eigenvalue weighted by Crippen LogP contribution is -2.48. The third-order valence-electron chi connectivity index (χ3n) is 3.36. The van der Waals surface area contributed by atoms with Crippen LogP contribution in [0.25, 0.3) is 0 Å². The molecule has 0 aromatic carbocycles. The van der Waals surface area contributed by atoms with E-state index in [4.69, 9.17) is 11.5 Å². The van der Waals surface area contributed by atoms with Crippen LogP contribution in [0.15, 0.2) is 5.03 Å². The van der Waals surface area contributed by atoms with E-state index in [1.54, 1.807) is 0 Å². The minimum atomic E-state index is -3.92. The van der Waals surface area contributed by atoms with E-state index in [2.05, 4.69) is 16.1 Å². The Balaban J connectivity index is 2.25. The Hall–Kier alpha value is -1.89. The molecule has 1 aliphatic heterocycles. The second-order valence-corrected chi connectivity index (χ2v) is 6.57.